The molecule has 1 fully saturated rings. The molecule has 7 heavy (non-hydrogen) atoms. The van der Waals surface area contributed by atoms with Gasteiger partial charge >= 0.3 is 5.97 Å². The number of esters is 1. The van der Waals surface area contributed by atoms with Crippen molar-refractivity contribution >= 4 is 5.97 Å². The Morgan fingerprint density at radius 3 is 2.43 bits per heavy atom. The number of hydrogen-bond acceptors (Lipinski definition) is 3. The smallest absolute Gasteiger partial charge is 0.327 e. The molecular weight excluding hydrogens is 94.0 g/mol. The summed E-state index contributed by atoms with van der Waals surface area (Å²) in [6, 6.07) is -0.361. The monoisotopic (exact) mass is 101 g/mol. The van der Waals surface area contributed by atoms with E-state index in [1.165, 1.54) is 0 Å². The van der Waals surface area contributed by atoms with Crippen LogP contribution in [0.2, 0.25) is 0 Å². The molecule has 40 valence electrons. The molecule has 2 N–H and O–H groups in total. The Morgan fingerprint density at radius 2 is 2.43 bits per heavy atom. The van der Waals surface area contributed by atoms with Crippen LogP contribution in [0.25, 0.3) is 0 Å². The van der Waals surface area contributed by atoms with Gasteiger partial charge in [0, 0.05) is 0 Å². The molecule has 0 amide bonds. The Hall–Kier alpha value is -0.570. The average Bonchev–Trinajstić information content (AvgIpc) is 1.68. The third-order valence-electron chi connectivity index (χ3n) is 1.08. The van der Waals surface area contributed by atoms with Gasteiger partial charge in [-0.1, -0.05) is 0 Å². The molecule has 0 aliphatic carbocycles. The first-order valence-corrected chi connectivity index (χ1v) is 2.18. The quantitative estimate of drug-likeness (QED) is 0.409. The lowest BCUT2D eigenvalue weighted by atomic mass is 10.1. The molecule has 0 spiro atoms. The van der Waals surface area contributed by atoms with Crippen LogP contribution in [0.15, 0.2) is 0 Å². The highest BCUT2D eigenvalue weighted by atomic mass is 16.6. The fourth-order valence-corrected chi connectivity index (χ4v) is 0.454. The summed E-state index contributed by atoms with van der Waals surface area (Å²) in [6.45, 7) is 1.77. The second kappa shape index (κ2) is 1.20. The van der Waals surface area contributed by atoms with E-state index >= 15 is 0 Å². The molecule has 1 unspecified atom stereocenters. The molecule has 1 heterocycles. The molecule has 2 atom stereocenters. The molecular formula is C4H7NO2. The summed E-state index contributed by atoms with van der Waals surface area (Å²) in [5, 5.41) is 0. The van der Waals surface area contributed by atoms with Crippen molar-refractivity contribution in [3.05, 3.63) is 0 Å². The minimum Gasteiger partial charge on any atom is -0.459 e. The van der Waals surface area contributed by atoms with Gasteiger partial charge in [-0.15, -0.1) is 0 Å². The van der Waals surface area contributed by atoms with Gasteiger partial charge in [0.25, 0.3) is 0 Å². The van der Waals surface area contributed by atoms with E-state index in [0.29, 0.717) is 0 Å². The molecule has 0 radical (unpaired) electrons. The molecule has 1 aliphatic rings. The van der Waals surface area contributed by atoms with E-state index in [-0.39, 0.29) is 18.1 Å². The molecule has 1 aliphatic heterocycles. The minimum absolute atomic E-state index is 0.0625. The summed E-state index contributed by atoms with van der Waals surface area (Å²) in [4.78, 5) is 10.1. The molecule has 0 bridgehead atoms. The van der Waals surface area contributed by atoms with E-state index in [1.807, 2.05) is 0 Å². The van der Waals surface area contributed by atoms with Gasteiger partial charge in [-0.2, -0.15) is 0 Å². The van der Waals surface area contributed by atoms with Gasteiger partial charge in [0.05, 0.1) is 0 Å². The number of carbonyl (C=O) groups is 1. The molecule has 1 rings (SSSR count). The predicted molar refractivity (Wildman–Crippen MR) is 23.5 cm³/mol. The first kappa shape index (κ1) is 4.59. The highest BCUT2D eigenvalue weighted by Crippen LogP contribution is 2.09. The van der Waals surface area contributed by atoms with E-state index in [2.05, 4.69) is 4.74 Å². The number of nitrogens with two attached hydrogens (primary N) is 1. The van der Waals surface area contributed by atoms with Crippen molar-refractivity contribution in [1.82, 2.24) is 0 Å². The topological polar surface area (TPSA) is 52.3 Å². The minimum atomic E-state index is -0.361. The highest BCUT2D eigenvalue weighted by Gasteiger charge is 2.35. The van der Waals surface area contributed by atoms with Crippen LogP contribution in [-0.4, -0.2) is 18.1 Å². The number of rotatable bonds is 0. The molecule has 3 heteroatoms. The molecule has 3 nitrogen and oxygen atoms in total. The van der Waals surface area contributed by atoms with Crippen LogP contribution in [0, 0.1) is 0 Å². The Labute approximate surface area is 41.4 Å². The van der Waals surface area contributed by atoms with E-state index in [1.54, 1.807) is 6.92 Å². The van der Waals surface area contributed by atoms with Crippen LogP contribution in [0.1, 0.15) is 6.92 Å². The van der Waals surface area contributed by atoms with Crippen LogP contribution in [0.5, 0.6) is 0 Å². The van der Waals surface area contributed by atoms with Crippen LogP contribution < -0.4 is 5.73 Å². The number of cyclic esters (lactones) is 1. The molecule has 0 aromatic rings. The summed E-state index contributed by atoms with van der Waals surface area (Å²) in [6.07, 6.45) is -0.0625. The van der Waals surface area contributed by atoms with Gasteiger partial charge in [-0.05, 0) is 6.92 Å². The standard InChI is InChI=1S/C4H7NO2/c1-2-3(5)4(6)7-2/h2-3H,5H2,1H3/t2?,3-/m0/s1. The highest BCUT2D eigenvalue weighted by molar-refractivity contribution is 5.81. The van der Waals surface area contributed by atoms with Crippen LogP contribution >= 0.6 is 0 Å². The SMILES string of the molecule is CC1OC(=O)[C@H]1N. The summed E-state index contributed by atoms with van der Waals surface area (Å²) < 4.78 is 4.49. The molecule has 0 aromatic heterocycles. The van der Waals surface area contributed by atoms with Crippen molar-refractivity contribution in [2.75, 3.05) is 0 Å². The molecule has 0 aromatic carbocycles. The maximum absolute atomic E-state index is 10.1. The normalized spacial score (nSPS) is 39.4. The van der Waals surface area contributed by atoms with E-state index in [9.17, 15) is 4.79 Å². The largest absolute Gasteiger partial charge is 0.459 e. The van der Waals surface area contributed by atoms with Crippen molar-refractivity contribution in [2.45, 2.75) is 19.1 Å². The summed E-state index contributed by atoms with van der Waals surface area (Å²) in [5.74, 6) is -0.285. The van der Waals surface area contributed by atoms with Crippen molar-refractivity contribution < 1.29 is 9.53 Å². The summed E-state index contributed by atoms with van der Waals surface area (Å²) in [5.41, 5.74) is 5.19. The zero-order chi connectivity index (χ0) is 5.44. The van der Waals surface area contributed by atoms with Crippen molar-refractivity contribution in [3.8, 4) is 0 Å². The zero-order valence-corrected chi connectivity index (χ0v) is 4.05. The fourth-order valence-electron chi connectivity index (χ4n) is 0.454. The number of ether oxygens (including phenoxy) is 1. The van der Waals surface area contributed by atoms with Crippen molar-refractivity contribution in [1.29, 1.82) is 0 Å². The Kier molecular flexibility index (Phi) is 0.785. The van der Waals surface area contributed by atoms with Crippen molar-refractivity contribution in [2.24, 2.45) is 5.73 Å². The van der Waals surface area contributed by atoms with Crippen molar-refractivity contribution in [3.63, 3.8) is 0 Å². The van der Waals surface area contributed by atoms with Gasteiger partial charge in [0.1, 0.15) is 12.1 Å². The third kappa shape index (κ3) is 0.489. The third-order valence-corrected chi connectivity index (χ3v) is 1.08. The van der Waals surface area contributed by atoms with Gasteiger partial charge in [0.2, 0.25) is 0 Å². The summed E-state index contributed by atoms with van der Waals surface area (Å²) in [7, 11) is 0. The maximum Gasteiger partial charge on any atom is 0.327 e. The van der Waals surface area contributed by atoms with Crippen LogP contribution in [-0.2, 0) is 9.53 Å². The van der Waals surface area contributed by atoms with E-state index < -0.39 is 0 Å². The first-order chi connectivity index (χ1) is 3.22. The van der Waals surface area contributed by atoms with Gasteiger partial charge < -0.3 is 10.5 Å². The fraction of sp³-hybridized carbons (Fsp3) is 0.750. The molecule has 1 saturated heterocycles. The number of carbonyl (C=O) groups excluding carboxylic acids is 1. The number of hydrogen-bond donors (Lipinski definition) is 1. The second-order valence-corrected chi connectivity index (χ2v) is 1.67. The van der Waals surface area contributed by atoms with Crippen LogP contribution in [0.4, 0.5) is 0 Å². The average molecular weight is 101 g/mol. The lowest BCUT2D eigenvalue weighted by molar-refractivity contribution is -0.171. The summed E-state index contributed by atoms with van der Waals surface area (Å²) >= 11 is 0. The molecule has 0 saturated carbocycles. The Morgan fingerprint density at radius 1 is 1.86 bits per heavy atom. The van der Waals surface area contributed by atoms with E-state index in [0.717, 1.165) is 0 Å². The van der Waals surface area contributed by atoms with Gasteiger partial charge in [-0.3, -0.25) is 4.79 Å². The Balaban J connectivity index is 2.43. The van der Waals surface area contributed by atoms with E-state index in [4.69, 9.17) is 5.73 Å². The first-order valence-electron chi connectivity index (χ1n) is 2.18. The zero-order valence-electron chi connectivity index (χ0n) is 4.05. The Bertz CT molecular complexity index is 102. The predicted octanol–water partition coefficient (Wildman–Crippen LogP) is -0.741. The second-order valence-electron chi connectivity index (χ2n) is 1.67. The maximum atomic E-state index is 10.1. The van der Waals surface area contributed by atoms with Gasteiger partial charge in [-0.25, -0.2) is 0 Å². The van der Waals surface area contributed by atoms with Crippen LogP contribution in [0.3, 0.4) is 0 Å². The lowest BCUT2D eigenvalue weighted by Gasteiger charge is -2.28. The van der Waals surface area contributed by atoms with Gasteiger partial charge in [0.15, 0.2) is 0 Å². The lowest BCUT2D eigenvalue weighted by Crippen LogP contribution is -2.54.